The van der Waals surface area contributed by atoms with Crippen molar-refractivity contribution in [3.63, 3.8) is 0 Å². The second-order valence-electron chi connectivity index (χ2n) is 5.53. The van der Waals surface area contributed by atoms with Crippen LogP contribution in [0.15, 0.2) is 53.3 Å². The number of fused-ring (bicyclic) bond motifs is 1. The number of carbonyl (C=O) groups excluding carboxylic acids is 1. The molecular formula is C18H16ClN3O2. The summed E-state index contributed by atoms with van der Waals surface area (Å²) in [5.74, 6) is -0.282. The van der Waals surface area contributed by atoms with Gasteiger partial charge in [0.15, 0.2) is 0 Å². The number of aromatic nitrogens is 2. The first-order chi connectivity index (χ1) is 11.5. The van der Waals surface area contributed by atoms with Gasteiger partial charge >= 0.3 is 0 Å². The quantitative estimate of drug-likeness (QED) is 0.792. The molecule has 2 aromatic carbocycles. The van der Waals surface area contributed by atoms with Gasteiger partial charge in [-0.15, -0.1) is 0 Å². The van der Waals surface area contributed by atoms with Gasteiger partial charge in [-0.25, -0.2) is 4.98 Å². The number of anilines is 1. The van der Waals surface area contributed by atoms with E-state index in [1.54, 1.807) is 44.2 Å². The Morgan fingerprint density at radius 3 is 2.54 bits per heavy atom. The fourth-order valence-electron chi connectivity index (χ4n) is 2.56. The minimum Gasteiger partial charge on any atom is -0.324 e. The Hall–Kier alpha value is -2.66. The highest BCUT2D eigenvalue weighted by molar-refractivity contribution is 6.30. The normalized spacial score (nSPS) is 12.1. The number of nitrogens with one attached hydrogen (secondary N) is 1. The van der Waals surface area contributed by atoms with Crippen molar-refractivity contribution in [2.24, 2.45) is 0 Å². The molecule has 122 valence electrons. The van der Waals surface area contributed by atoms with Crippen LogP contribution in [0.2, 0.25) is 5.02 Å². The number of amides is 1. The molecule has 0 radical (unpaired) electrons. The van der Waals surface area contributed by atoms with E-state index in [1.165, 1.54) is 4.57 Å². The third-order valence-electron chi connectivity index (χ3n) is 3.84. The highest BCUT2D eigenvalue weighted by atomic mass is 35.5. The van der Waals surface area contributed by atoms with Crippen molar-refractivity contribution in [2.45, 2.75) is 19.9 Å². The van der Waals surface area contributed by atoms with Gasteiger partial charge in [0.05, 0.1) is 11.0 Å². The van der Waals surface area contributed by atoms with Crippen LogP contribution >= 0.6 is 11.6 Å². The molecule has 0 aliphatic rings. The van der Waals surface area contributed by atoms with Crippen molar-refractivity contribution in [3.8, 4) is 0 Å². The van der Waals surface area contributed by atoms with E-state index in [4.69, 9.17) is 11.6 Å². The van der Waals surface area contributed by atoms with Crippen molar-refractivity contribution in [2.75, 3.05) is 5.32 Å². The lowest BCUT2D eigenvalue weighted by Crippen LogP contribution is -2.33. The lowest BCUT2D eigenvalue weighted by molar-refractivity contribution is -0.118. The molecule has 24 heavy (non-hydrogen) atoms. The fourth-order valence-corrected chi connectivity index (χ4v) is 2.68. The number of aryl methyl sites for hydroxylation is 1. The van der Waals surface area contributed by atoms with Crippen LogP contribution in [0.4, 0.5) is 5.69 Å². The van der Waals surface area contributed by atoms with Gasteiger partial charge in [-0.1, -0.05) is 23.7 Å². The molecule has 0 spiro atoms. The van der Waals surface area contributed by atoms with Gasteiger partial charge in [0.1, 0.15) is 11.7 Å². The van der Waals surface area contributed by atoms with E-state index in [9.17, 15) is 9.59 Å². The molecule has 6 heteroatoms. The first-order valence-corrected chi connectivity index (χ1v) is 7.89. The van der Waals surface area contributed by atoms with Gasteiger partial charge in [0.25, 0.3) is 5.56 Å². The molecule has 1 amide bonds. The number of para-hydroxylation sites is 2. The zero-order valence-corrected chi connectivity index (χ0v) is 14.0. The van der Waals surface area contributed by atoms with Gasteiger partial charge < -0.3 is 5.32 Å². The van der Waals surface area contributed by atoms with Crippen LogP contribution in [0.5, 0.6) is 0 Å². The van der Waals surface area contributed by atoms with Gasteiger partial charge in [-0.3, -0.25) is 14.2 Å². The molecule has 0 unspecified atom stereocenters. The number of rotatable bonds is 3. The van der Waals surface area contributed by atoms with Crippen molar-refractivity contribution >= 4 is 34.2 Å². The molecule has 0 aliphatic carbocycles. The van der Waals surface area contributed by atoms with E-state index in [0.29, 0.717) is 27.4 Å². The summed E-state index contributed by atoms with van der Waals surface area (Å²) in [6, 6.07) is 13.4. The Morgan fingerprint density at radius 1 is 1.17 bits per heavy atom. The van der Waals surface area contributed by atoms with Gasteiger partial charge in [-0.05, 0) is 50.2 Å². The van der Waals surface area contributed by atoms with Crippen LogP contribution in [0.1, 0.15) is 18.7 Å². The van der Waals surface area contributed by atoms with Crippen molar-refractivity contribution in [3.05, 3.63) is 69.6 Å². The van der Waals surface area contributed by atoms with Crippen LogP contribution in [-0.2, 0) is 4.79 Å². The number of halogens is 1. The number of carbonyl (C=O) groups is 1. The maximum Gasteiger partial charge on any atom is 0.273 e. The van der Waals surface area contributed by atoms with E-state index in [2.05, 4.69) is 10.3 Å². The van der Waals surface area contributed by atoms with E-state index >= 15 is 0 Å². The largest absolute Gasteiger partial charge is 0.324 e. The molecule has 0 aliphatic heterocycles. The number of nitrogens with zero attached hydrogens (tertiary/aromatic N) is 2. The number of hydrogen-bond donors (Lipinski definition) is 1. The second kappa shape index (κ2) is 6.45. The minimum absolute atomic E-state index is 0.271. The Kier molecular flexibility index (Phi) is 4.36. The highest BCUT2D eigenvalue weighted by Crippen LogP contribution is 2.18. The van der Waals surface area contributed by atoms with Crippen LogP contribution in [0.3, 0.4) is 0 Å². The van der Waals surface area contributed by atoms with E-state index < -0.39 is 6.04 Å². The smallest absolute Gasteiger partial charge is 0.273 e. The molecule has 1 atom stereocenters. The van der Waals surface area contributed by atoms with Crippen LogP contribution < -0.4 is 10.9 Å². The Morgan fingerprint density at radius 2 is 1.83 bits per heavy atom. The zero-order chi connectivity index (χ0) is 17.3. The summed E-state index contributed by atoms with van der Waals surface area (Å²) in [5, 5.41) is 3.39. The summed E-state index contributed by atoms with van der Waals surface area (Å²) in [7, 11) is 0. The average Bonchev–Trinajstić information content (AvgIpc) is 2.57. The monoisotopic (exact) mass is 341 g/mol. The summed E-state index contributed by atoms with van der Waals surface area (Å²) in [5.41, 5.74) is 2.03. The number of hydrogen-bond acceptors (Lipinski definition) is 3. The maximum absolute atomic E-state index is 12.6. The van der Waals surface area contributed by atoms with Crippen molar-refractivity contribution in [1.82, 2.24) is 9.55 Å². The van der Waals surface area contributed by atoms with Crippen LogP contribution in [0.25, 0.3) is 11.0 Å². The summed E-state index contributed by atoms with van der Waals surface area (Å²) < 4.78 is 1.48. The van der Waals surface area contributed by atoms with E-state index in [0.717, 1.165) is 0 Å². The summed E-state index contributed by atoms with van der Waals surface area (Å²) in [4.78, 5) is 29.4. The SMILES string of the molecule is Cc1nc2ccccc2n([C@@H](C)C(=O)Nc2ccc(Cl)cc2)c1=O. The summed E-state index contributed by atoms with van der Waals surface area (Å²) in [6.07, 6.45) is 0. The van der Waals surface area contributed by atoms with Crippen LogP contribution in [-0.4, -0.2) is 15.5 Å². The molecule has 1 aromatic heterocycles. The Balaban J connectivity index is 2.00. The molecule has 0 fully saturated rings. The summed E-state index contributed by atoms with van der Waals surface area (Å²) in [6.45, 7) is 3.34. The molecule has 1 heterocycles. The van der Waals surface area contributed by atoms with Gasteiger partial charge in [0.2, 0.25) is 5.91 Å². The molecule has 5 nitrogen and oxygen atoms in total. The zero-order valence-electron chi connectivity index (χ0n) is 13.3. The molecular weight excluding hydrogens is 326 g/mol. The minimum atomic E-state index is -0.681. The predicted octanol–water partition coefficient (Wildman–Crippen LogP) is 3.56. The van der Waals surface area contributed by atoms with E-state index in [-0.39, 0.29) is 11.5 Å². The maximum atomic E-state index is 12.6. The van der Waals surface area contributed by atoms with Gasteiger partial charge in [0, 0.05) is 10.7 Å². The van der Waals surface area contributed by atoms with Crippen LogP contribution in [0, 0.1) is 6.92 Å². The molecule has 1 N–H and O–H groups in total. The molecule has 0 saturated heterocycles. The van der Waals surface area contributed by atoms with Crippen molar-refractivity contribution < 1.29 is 4.79 Å². The first kappa shape index (κ1) is 16.2. The standard InChI is InChI=1S/C18H16ClN3O2/c1-11-18(24)22(16-6-4-3-5-15(16)20-11)12(2)17(23)21-14-9-7-13(19)8-10-14/h3-10,12H,1-2H3,(H,21,23)/t12-/m0/s1. The molecule has 3 aromatic rings. The van der Waals surface area contributed by atoms with Gasteiger partial charge in [-0.2, -0.15) is 0 Å². The fraction of sp³-hybridized carbons (Fsp3) is 0.167. The predicted molar refractivity (Wildman–Crippen MR) is 95.5 cm³/mol. The third-order valence-corrected chi connectivity index (χ3v) is 4.09. The first-order valence-electron chi connectivity index (χ1n) is 7.51. The topological polar surface area (TPSA) is 64.0 Å². The second-order valence-corrected chi connectivity index (χ2v) is 5.97. The Labute approximate surface area is 143 Å². The molecule has 0 saturated carbocycles. The Bertz CT molecular complexity index is 964. The van der Waals surface area contributed by atoms with Crippen molar-refractivity contribution in [1.29, 1.82) is 0 Å². The lowest BCUT2D eigenvalue weighted by Gasteiger charge is -2.18. The highest BCUT2D eigenvalue weighted by Gasteiger charge is 2.20. The lowest BCUT2D eigenvalue weighted by atomic mass is 10.2. The third kappa shape index (κ3) is 3.03. The van der Waals surface area contributed by atoms with E-state index in [1.807, 2.05) is 18.2 Å². The summed E-state index contributed by atoms with van der Waals surface area (Å²) >= 11 is 5.85. The molecule has 3 rings (SSSR count). The average molecular weight is 342 g/mol. The molecule has 0 bridgehead atoms. The number of benzene rings is 2.